The summed E-state index contributed by atoms with van der Waals surface area (Å²) in [7, 11) is 0. The Morgan fingerprint density at radius 2 is 1.62 bits per heavy atom. The topological polar surface area (TPSA) is 57.6 Å². The largest absolute Gasteiger partial charge is 0.387 e. The SMILES string of the molecule is CC(C)(C)c1ccc(C(O)CN2C(=O)CCCC2=O)cc1. The second-order valence-corrected chi connectivity index (χ2v) is 6.64. The molecule has 114 valence electrons. The first-order valence-electron chi connectivity index (χ1n) is 7.41. The predicted molar refractivity (Wildman–Crippen MR) is 80.7 cm³/mol. The van der Waals surface area contributed by atoms with Gasteiger partial charge in [-0.3, -0.25) is 14.5 Å². The van der Waals surface area contributed by atoms with Crippen LogP contribution in [0, 0.1) is 0 Å². The molecule has 0 aromatic heterocycles. The van der Waals surface area contributed by atoms with Gasteiger partial charge in [0, 0.05) is 12.8 Å². The van der Waals surface area contributed by atoms with Crippen LogP contribution >= 0.6 is 0 Å². The summed E-state index contributed by atoms with van der Waals surface area (Å²) in [5.41, 5.74) is 1.97. The zero-order chi connectivity index (χ0) is 15.6. The molecule has 2 amide bonds. The van der Waals surface area contributed by atoms with E-state index in [0.717, 1.165) is 5.56 Å². The van der Waals surface area contributed by atoms with Crippen LogP contribution in [0.2, 0.25) is 0 Å². The lowest BCUT2D eigenvalue weighted by Gasteiger charge is -2.27. The van der Waals surface area contributed by atoms with Crippen LogP contribution < -0.4 is 0 Å². The fourth-order valence-electron chi connectivity index (χ4n) is 2.49. The van der Waals surface area contributed by atoms with E-state index in [9.17, 15) is 14.7 Å². The molecule has 21 heavy (non-hydrogen) atoms. The summed E-state index contributed by atoms with van der Waals surface area (Å²) in [6.07, 6.45) is 0.568. The molecule has 4 heteroatoms. The number of carbonyl (C=O) groups excluding carboxylic acids is 2. The average Bonchev–Trinajstić information content (AvgIpc) is 2.42. The molecule has 4 nitrogen and oxygen atoms in total. The molecule has 1 aliphatic rings. The number of β-amino-alcohol motifs (C(OH)–C–C–N with tert-alkyl or cyclic N) is 1. The van der Waals surface area contributed by atoms with Gasteiger partial charge in [-0.15, -0.1) is 0 Å². The van der Waals surface area contributed by atoms with E-state index in [1.54, 1.807) is 0 Å². The number of hydrogen-bond acceptors (Lipinski definition) is 3. The number of imide groups is 1. The minimum Gasteiger partial charge on any atom is -0.387 e. The van der Waals surface area contributed by atoms with Crippen molar-refractivity contribution in [2.45, 2.75) is 51.6 Å². The minimum atomic E-state index is -0.829. The molecule has 1 fully saturated rings. The quantitative estimate of drug-likeness (QED) is 0.870. The lowest BCUT2D eigenvalue weighted by Crippen LogP contribution is -2.42. The molecule has 0 spiro atoms. The molecule has 0 aliphatic carbocycles. The van der Waals surface area contributed by atoms with Gasteiger partial charge in [0.25, 0.3) is 0 Å². The lowest BCUT2D eigenvalue weighted by molar-refractivity contribution is -0.149. The van der Waals surface area contributed by atoms with E-state index in [1.165, 1.54) is 10.5 Å². The summed E-state index contributed by atoms with van der Waals surface area (Å²) in [5.74, 6) is -0.367. The minimum absolute atomic E-state index is 0.0481. The summed E-state index contributed by atoms with van der Waals surface area (Å²) in [5, 5.41) is 10.3. The maximum absolute atomic E-state index is 11.8. The maximum atomic E-state index is 11.8. The first-order chi connectivity index (χ1) is 9.79. The monoisotopic (exact) mass is 289 g/mol. The molecule has 0 radical (unpaired) electrons. The highest BCUT2D eigenvalue weighted by Gasteiger charge is 2.28. The maximum Gasteiger partial charge on any atom is 0.229 e. The number of aliphatic hydroxyl groups is 1. The summed E-state index contributed by atoms with van der Waals surface area (Å²) >= 11 is 0. The van der Waals surface area contributed by atoms with Crippen molar-refractivity contribution in [2.24, 2.45) is 0 Å². The van der Waals surface area contributed by atoms with Crippen LogP contribution in [-0.4, -0.2) is 28.4 Å². The van der Waals surface area contributed by atoms with Crippen LogP contribution in [0.1, 0.15) is 57.3 Å². The van der Waals surface area contributed by atoms with E-state index in [1.807, 2.05) is 24.3 Å². The van der Waals surface area contributed by atoms with Gasteiger partial charge in [-0.2, -0.15) is 0 Å². The Labute approximate surface area is 125 Å². The highest BCUT2D eigenvalue weighted by atomic mass is 16.3. The number of piperidine rings is 1. The van der Waals surface area contributed by atoms with Crippen LogP contribution in [0.4, 0.5) is 0 Å². The molecule has 0 saturated carbocycles. The highest BCUT2D eigenvalue weighted by molar-refractivity contribution is 5.97. The Bertz CT molecular complexity index is 512. The summed E-state index contributed by atoms with van der Waals surface area (Å²) < 4.78 is 0. The van der Waals surface area contributed by atoms with Crippen LogP contribution in [0.3, 0.4) is 0 Å². The number of hydrogen-bond donors (Lipinski definition) is 1. The average molecular weight is 289 g/mol. The Morgan fingerprint density at radius 3 is 2.10 bits per heavy atom. The zero-order valence-electron chi connectivity index (χ0n) is 12.9. The van der Waals surface area contributed by atoms with Crippen molar-refractivity contribution < 1.29 is 14.7 Å². The molecule has 1 heterocycles. The summed E-state index contributed by atoms with van der Waals surface area (Å²) in [4.78, 5) is 24.7. The van der Waals surface area contributed by atoms with Gasteiger partial charge in [-0.05, 0) is 23.0 Å². The first-order valence-corrected chi connectivity index (χ1v) is 7.41. The molecule has 1 saturated heterocycles. The van der Waals surface area contributed by atoms with Crippen LogP contribution in [-0.2, 0) is 15.0 Å². The number of carbonyl (C=O) groups is 2. The van der Waals surface area contributed by atoms with Crippen LogP contribution in [0.25, 0.3) is 0 Å². The molecular weight excluding hydrogens is 266 g/mol. The predicted octanol–water partition coefficient (Wildman–Crippen LogP) is 2.56. The Morgan fingerprint density at radius 1 is 1.10 bits per heavy atom. The van der Waals surface area contributed by atoms with E-state index in [2.05, 4.69) is 20.8 Å². The Balaban J connectivity index is 2.08. The van der Waals surface area contributed by atoms with E-state index < -0.39 is 6.10 Å². The molecule has 1 unspecified atom stereocenters. The van der Waals surface area contributed by atoms with Crippen molar-refractivity contribution in [3.63, 3.8) is 0 Å². The third kappa shape index (κ3) is 3.70. The van der Waals surface area contributed by atoms with Gasteiger partial charge in [-0.25, -0.2) is 0 Å². The number of likely N-dealkylation sites (tertiary alicyclic amines) is 1. The van der Waals surface area contributed by atoms with Gasteiger partial charge in [0.2, 0.25) is 11.8 Å². The third-order valence-electron chi connectivity index (χ3n) is 3.90. The zero-order valence-corrected chi connectivity index (χ0v) is 12.9. The standard InChI is InChI=1S/C17H23NO3/c1-17(2,3)13-9-7-12(8-10-13)14(19)11-18-15(20)5-4-6-16(18)21/h7-10,14,19H,4-6,11H2,1-3H3. The van der Waals surface area contributed by atoms with Crippen molar-refractivity contribution in [3.05, 3.63) is 35.4 Å². The highest BCUT2D eigenvalue weighted by Crippen LogP contribution is 2.25. The Kier molecular flexibility index (Phi) is 4.47. The van der Waals surface area contributed by atoms with Gasteiger partial charge in [0.1, 0.15) is 0 Å². The van der Waals surface area contributed by atoms with E-state index >= 15 is 0 Å². The van der Waals surface area contributed by atoms with Crippen molar-refractivity contribution in [2.75, 3.05) is 6.54 Å². The number of aliphatic hydroxyl groups excluding tert-OH is 1. The normalized spacial score (nSPS) is 18.0. The number of nitrogens with zero attached hydrogens (tertiary/aromatic N) is 1. The van der Waals surface area contributed by atoms with Crippen molar-refractivity contribution in [1.82, 2.24) is 4.90 Å². The van der Waals surface area contributed by atoms with Gasteiger partial charge >= 0.3 is 0 Å². The molecule has 1 aromatic rings. The number of amides is 2. The fraction of sp³-hybridized carbons (Fsp3) is 0.529. The molecule has 1 N–H and O–H groups in total. The molecule has 0 bridgehead atoms. The first kappa shape index (κ1) is 15.7. The van der Waals surface area contributed by atoms with E-state index in [4.69, 9.17) is 0 Å². The van der Waals surface area contributed by atoms with Crippen LogP contribution in [0.15, 0.2) is 24.3 Å². The second-order valence-electron chi connectivity index (χ2n) is 6.64. The molecule has 2 rings (SSSR count). The van der Waals surface area contributed by atoms with Crippen LogP contribution in [0.5, 0.6) is 0 Å². The molecular formula is C17H23NO3. The molecule has 1 aliphatic heterocycles. The number of benzene rings is 1. The summed E-state index contributed by atoms with van der Waals surface area (Å²) in [6.45, 7) is 6.43. The van der Waals surface area contributed by atoms with Gasteiger partial charge in [-0.1, -0.05) is 45.0 Å². The second kappa shape index (κ2) is 5.98. The van der Waals surface area contributed by atoms with Gasteiger partial charge < -0.3 is 5.11 Å². The lowest BCUT2D eigenvalue weighted by atomic mass is 9.86. The van der Waals surface area contributed by atoms with E-state index in [-0.39, 0.29) is 23.8 Å². The number of rotatable bonds is 3. The van der Waals surface area contributed by atoms with Crippen molar-refractivity contribution in [1.29, 1.82) is 0 Å². The van der Waals surface area contributed by atoms with Crippen molar-refractivity contribution >= 4 is 11.8 Å². The molecule has 1 atom stereocenters. The third-order valence-corrected chi connectivity index (χ3v) is 3.90. The van der Waals surface area contributed by atoms with Gasteiger partial charge in [0.15, 0.2) is 0 Å². The molecule has 1 aromatic carbocycles. The van der Waals surface area contributed by atoms with Crippen molar-refractivity contribution in [3.8, 4) is 0 Å². The fourth-order valence-corrected chi connectivity index (χ4v) is 2.49. The summed E-state index contributed by atoms with van der Waals surface area (Å²) in [6, 6.07) is 7.70. The van der Waals surface area contributed by atoms with Gasteiger partial charge in [0.05, 0.1) is 12.6 Å². The Hall–Kier alpha value is -1.68. The van der Waals surface area contributed by atoms with E-state index in [0.29, 0.717) is 19.3 Å². The smallest absolute Gasteiger partial charge is 0.229 e.